The smallest absolute Gasteiger partial charge is 0.123 e. The molecule has 0 fully saturated rings. The van der Waals surface area contributed by atoms with Crippen LogP contribution in [0.4, 0.5) is 0 Å². The van der Waals surface area contributed by atoms with Gasteiger partial charge in [-0.3, -0.25) is 0 Å². The van der Waals surface area contributed by atoms with Gasteiger partial charge in [0.15, 0.2) is 0 Å². The first-order valence-electron chi connectivity index (χ1n) is 7.91. The molecule has 0 amide bonds. The van der Waals surface area contributed by atoms with Gasteiger partial charge in [0.1, 0.15) is 24.7 Å². The highest BCUT2D eigenvalue weighted by atomic mass is 31.0. The minimum Gasteiger partial charge on any atom is -0.489 e. The molecule has 0 N–H and O–H groups in total. The summed E-state index contributed by atoms with van der Waals surface area (Å²) in [6, 6.07) is 28.0. The number of benzene rings is 3. The Bertz CT molecular complexity index is 641. The van der Waals surface area contributed by atoms with Gasteiger partial charge in [-0.1, -0.05) is 73.4 Å². The zero-order valence-electron chi connectivity index (χ0n) is 13.9. The van der Waals surface area contributed by atoms with E-state index < -0.39 is 0 Å². The van der Waals surface area contributed by atoms with Crippen LogP contribution in [-0.4, -0.2) is 6.66 Å². The molecule has 2 nitrogen and oxygen atoms in total. The van der Waals surface area contributed by atoms with Crippen LogP contribution in [0.15, 0.2) is 84.9 Å². The van der Waals surface area contributed by atoms with Crippen LogP contribution in [0.5, 0.6) is 11.5 Å². The van der Waals surface area contributed by atoms with E-state index >= 15 is 0 Å². The van der Waals surface area contributed by atoms with Gasteiger partial charge in [0.25, 0.3) is 0 Å². The quantitative estimate of drug-likeness (QED) is 0.565. The molecule has 0 aromatic heterocycles. The Morgan fingerprint density at radius 2 is 1.00 bits per heavy atom. The third-order valence-corrected chi connectivity index (χ3v) is 3.30. The van der Waals surface area contributed by atoms with Gasteiger partial charge < -0.3 is 9.47 Å². The van der Waals surface area contributed by atoms with Crippen LogP contribution in [0.2, 0.25) is 0 Å². The van der Waals surface area contributed by atoms with E-state index in [0.29, 0.717) is 13.2 Å². The van der Waals surface area contributed by atoms with E-state index in [-0.39, 0.29) is 0 Å². The zero-order valence-corrected chi connectivity index (χ0v) is 15.0. The summed E-state index contributed by atoms with van der Waals surface area (Å²) in [7, 11) is 2.42. The minimum absolute atomic E-state index is 0.559. The van der Waals surface area contributed by atoms with Crippen molar-refractivity contribution in [2.24, 2.45) is 0 Å². The third-order valence-electron chi connectivity index (χ3n) is 3.30. The van der Waals surface area contributed by atoms with E-state index in [4.69, 9.17) is 9.47 Å². The van der Waals surface area contributed by atoms with Gasteiger partial charge in [-0.25, -0.2) is 0 Å². The lowest BCUT2D eigenvalue weighted by molar-refractivity contribution is 0.290. The lowest BCUT2D eigenvalue weighted by atomic mass is 10.2. The normalized spacial score (nSPS) is 9.58. The van der Waals surface area contributed by atoms with E-state index in [9.17, 15) is 0 Å². The molecule has 3 rings (SSSR count). The van der Waals surface area contributed by atoms with Gasteiger partial charge in [0.2, 0.25) is 0 Å². The van der Waals surface area contributed by atoms with Gasteiger partial charge >= 0.3 is 0 Å². The number of hydrogen-bond acceptors (Lipinski definition) is 2. The summed E-state index contributed by atoms with van der Waals surface area (Å²) >= 11 is 0. The fourth-order valence-corrected chi connectivity index (χ4v) is 2.14. The van der Waals surface area contributed by atoms with Crippen LogP contribution in [0, 0.1) is 0 Å². The summed E-state index contributed by atoms with van der Waals surface area (Å²) in [5, 5.41) is 0. The summed E-state index contributed by atoms with van der Waals surface area (Å²) in [5.41, 5.74) is 2.30. The van der Waals surface area contributed by atoms with Crippen LogP contribution in [0.3, 0.4) is 0 Å². The van der Waals surface area contributed by atoms with E-state index in [1.807, 2.05) is 67.3 Å². The Morgan fingerprint density at radius 3 is 1.42 bits per heavy atom. The van der Waals surface area contributed by atoms with Crippen molar-refractivity contribution in [2.45, 2.75) is 13.2 Å². The van der Waals surface area contributed by atoms with Crippen molar-refractivity contribution in [3.05, 3.63) is 96.1 Å². The molecule has 1 unspecified atom stereocenters. The molecule has 24 heavy (non-hydrogen) atoms. The second-order valence-corrected chi connectivity index (χ2v) is 5.02. The maximum absolute atomic E-state index is 5.80. The van der Waals surface area contributed by atoms with Crippen molar-refractivity contribution in [3.63, 3.8) is 0 Å². The second-order valence-electron chi connectivity index (χ2n) is 5.02. The molecule has 124 valence electrons. The van der Waals surface area contributed by atoms with E-state index in [1.165, 1.54) is 0 Å². The molecule has 0 aliphatic rings. The predicted molar refractivity (Wildman–Crippen MR) is 104 cm³/mol. The Hall–Kier alpha value is -2.31. The summed E-state index contributed by atoms with van der Waals surface area (Å²) in [6.07, 6.45) is 0. The molecule has 0 saturated heterocycles. The fourth-order valence-electron chi connectivity index (χ4n) is 2.14. The van der Waals surface area contributed by atoms with Crippen molar-refractivity contribution in [3.8, 4) is 11.5 Å². The fraction of sp³-hybridized carbons (Fsp3) is 0.143. The van der Waals surface area contributed by atoms with E-state index in [2.05, 4.69) is 33.5 Å². The standard InChI is InChI=1S/C20H18O2.CH5P/c1-3-8-17(9-4-1)15-21-19-12-7-13-20(14-19)22-16-18-10-5-2-6-11-18;1-2/h1-14H,15-16H2;2H2,1H3. The Labute approximate surface area is 146 Å². The maximum atomic E-state index is 5.80. The SMILES string of the molecule is CP.c1ccc(COc2cccc(OCc3ccccc3)c2)cc1. The summed E-state index contributed by atoms with van der Waals surface area (Å²) in [4.78, 5) is 0. The Kier molecular flexibility index (Phi) is 7.86. The van der Waals surface area contributed by atoms with Gasteiger partial charge in [0.05, 0.1) is 0 Å². The average Bonchev–Trinajstić information content (AvgIpc) is 2.68. The molecule has 0 aliphatic carbocycles. The van der Waals surface area contributed by atoms with E-state index in [0.717, 1.165) is 22.6 Å². The first kappa shape index (κ1) is 18.0. The highest BCUT2D eigenvalue weighted by Gasteiger charge is 2.00. The highest BCUT2D eigenvalue weighted by molar-refractivity contribution is 7.15. The molecule has 0 radical (unpaired) electrons. The average molecular weight is 338 g/mol. The molecular formula is C21H23O2P. The highest BCUT2D eigenvalue weighted by Crippen LogP contribution is 2.21. The first-order chi connectivity index (χ1) is 11.9. The largest absolute Gasteiger partial charge is 0.489 e. The maximum Gasteiger partial charge on any atom is 0.123 e. The van der Waals surface area contributed by atoms with Crippen LogP contribution < -0.4 is 9.47 Å². The molecule has 1 atom stereocenters. The van der Waals surface area contributed by atoms with Crippen molar-refractivity contribution in [1.82, 2.24) is 0 Å². The van der Waals surface area contributed by atoms with Crippen molar-refractivity contribution >= 4 is 9.24 Å². The Balaban J connectivity index is 0.00000100. The van der Waals surface area contributed by atoms with Crippen LogP contribution in [0.1, 0.15) is 11.1 Å². The molecule has 3 heteroatoms. The summed E-state index contributed by atoms with van der Waals surface area (Å²) < 4.78 is 11.6. The van der Waals surface area contributed by atoms with Crippen molar-refractivity contribution in [2.75, 3.05) is 6.66 Å². The molecule has 0 heterocycles. The molecular weight excluding hydrogens is 315 g/mol. The predicted octanol–water partition coefficient (Wildman–Crippen LogP) is 5.34. The summed E-state index contributed by atoms with van der Waals surface area (Å²) in [5.74, 6) is 1.63. The van der Waals surface area contributed by atoms with Gasteiger partial charge in [-0.2, -0.15) is 0 Å². The lowest BCUT2D eigenvalue weighted by Gasteiger charge is -2.10. The molecule has 0 saturated carbocycles. The third kappa shape index (κ3) is 6.06. The number of ether oxygens (including phenoxy) is 2. The van der Waals surface area contributed by atoms with Gasteiger partial charge in [-0.15, -0.1) is 9.24 Å². The molecule has 3 aromatic carbocycles. The van der Waals surface area contributed by atoms with Crippen LogP contribution in [-0.2, 0) is 13.2 Å². The van der Waals surface area contributed by atoms with Crippen molar-refractivity contribution < 1.29 is 9.47 Å². The second kappa shape index (κ2) is 10.5. The first-order valence-corrected chi connectivity index (χ1v) is 9.07. The van der Waals surface area contributed by atoms with Crippen LogP contribution in [0.25, 0.3) is 0 Å². The Morgan fingerprint density at radius 1 is 0.583 bits per heavy atom. The minimum atomic E-state index is 0.559. The molecule has 3 aromatic rings. The lowest BCUT2D eigenvalue weighted by Crippen LogP contribution is -1.97. The van der Waals surface area contributed by atoms with Crippen molar-refractivity contribution in [1.29, 1.82) is 0 Å². The monoisotopic (exact) mass is 338 g/mol. The number of hydrogen-bond donors (Lipinski definition) is 0. The van der Waals surface area contributed by atoms with Crippen LogP contribution >= 0.6 is 9.24 Å². The topological polar surface area (TPSA) is 18.5 Å². The molecule has 0 bridgehead atoms. The van der Waals surface area contributed by atoms with Gasteiger partial charge in [-0.05, 0) is 23.3 Å². The summed E-state index contributed by atoms with van der Waals surface area (Å²) in [6.45, 7) is 3.03. The number of rotatable bonds is 6. The van der Waals surface area contributed by atoms with E-state index in [1.54, 1.807) is 0 Å². The van der Waals surface area contributed by atoms with Gasteiger partial charge in [0, 0.05) is 6.07 Å². The molecule has 0 aliphatic heterocycles. The molecule has 0 spiro atoms. The zero-order chi connectivity index (χ0) is 17.0.